The number of carbonyl (C=O) groups excluding carboxylic acids is 1. The third kappa shape index (κ3) is 1.85. The Bertz CT molecular complexity index is 658. The van der Waals surface area contributed by atoms with Gasteiger partial charge in [0.25, 0.3) is 0 Å². The summed E-state index contributed by atoms with van der Waals surface area (Å²) in [5.74, 6) is 0.611. The number of esters is 1. The Hall–Kier alpha value is -2.64. The van der Waals surface area contributed by atoms with Crippen LogP contribution in [0.15, 0.2) is 34.1 Å². The molecule has 8 nitrogen and oxygen atoms in total. The predicted octanol–water partition coefficient (Wildman–Crippen LogP) is 1.12. The van der Waals surface area contributed by atoms with Crippen molar-refractivity contribution in [2.75, 3.05) is 11.9 Å². The van der Waals surface area contributed by atoms with E-state index in [0.29, 0.717) is 29.6 Å². The predicted molar refractivity (Wildman–Crippen MR) is 67.6 cm³/mol. The molecule has 1 atom stereocenters. The number of carbonyl (C=O) groups is 1. The molecule has 0 saturated carbocycles. The highest BCUT2D eigenvalue weighted by molar-refractivity contribution is 5.92. The number of rotatable bonds is 3. The molecule has 0 fully saturated rings. The van der Waals surface area contributed by atoms with Crippen LogP contribution in [0.1, 0.15) is 25.6 Å². The topological polar surface area (TPSA) is 95.1 Å². The van der Waals surface area contributed by atoms with Crippen LogP contribution >= 0.6 is 0 Å². The third-order valence-electron chi connectivity index (χ3n) is 3.02. The Morgan fingerprint density at radius 3 is 3.15 bits per heavy atom. The summed E-state index contributed by atoms with van der Waals surface area (Å²) in [4.78, 5) is 12.2. The van der Waals surface area contributed by atoms with E-state index in [-0.39, 0.29) is 0 Å². The molecule has 3 heterocycles. The molecule has 0 bridgehead atoms. The SMILES string of the molecule is CCOC(=O)C1=C(C)Nc2nnnn2C1c1ccco1. The van der Waals surface area contributed by atoms with E-state index in [1.807, 2.05) is 0 Å². The van der Waals surface area contributed by atoms with Crippen LogP contribution in [0.4, 0.5) is 5.95 Å². The first-order valence-corrected chi connectivity index (χ1v) is 6.18. The van der Waals surface area contributed by atoms with E-state index in [0.717, 1.165) is 0 Å². The number of aromatic nitrogens is 4. The monoisotopic (exact) mass is 275 g/mol. The number of nitrogens with zero attached hydrogens (tertiary/aromatic N) is 4. The van der Waals surface area contributed by atoms with Crippen LogP contribution in [0.3, 0.4) is 0 Å². The number of nitrogens with one attached hydrogen (secondary N) is 1. The van der Waals surface area contributed by atoms with Gasteiger partial charge in [-0.15, -0.1) is 0 Å². The van der Waals surface area contributed by atoms with E-state index in [1.54, 1.807) is 32.2 Å². The maximum Gasteiger partial charge on any atom is 0.338 e. The number of allylic oxidation sites excluding steroid dienone is 1. The lowest BCUT2D eigenvalue weighted by Gasteiger charge is -2.25. The number of hydrogen-bond acceptors (Lipinski definition) is 7. The second-order valence-corrected chi connectivity index (χ2v) is 4.25. The minimum absolute atomic E-state index is 0.295. The van der Waals surface area contributed by atoms with E-state index >= 15 is 0 Å². The number of ether oxygens (including phenoxy) is 1. The van der Waals surface area contributed by atoms with Crippen LogP contribution in [0.2, 0.25) is 0 Å². The molecule has 0 saturated heterocycles. The molecule has 104 valence electrons. The number of fused-ring (bicyclic) bond motifs is 1. The largest absolute Gasteiger partial charge is 0.467 e. The highest BCUT2D eigenvalue weighted by Crippen LogP contribution is 2.34. The summed E-state index contributed by atoms with van der Waals surface area (Å²) in [5.41, 5.74) is 1.08. The highest BCUT2D eigenvalue weighted by Gasteiger charge is 2.36. The molecule has 0 aromatic carbocycles. The van der Waals surface area contributed by atoms with Gasteiger partial charge in [-0.3, -0.25) is 0 Å². The molecule has 2 aromatic rings. The van der Waals surface area contributed by atoms with Gasteiger partial charge < -0.3 is 14.5 Å². The molecule has 1 aliphatic heterocycles. The molecule has 0 amide bonds. The summed E-state index contributed by atoms with van der Waals surface area (Å²) >= 11 is 0. The zero-order valence-electron chi connectivity index (χ0n) is 11.0. The van der Waals surface area contributed by atoms with Crippen LogP contribution in [0.5, 0.6) is 0 Å². The maximum atomic E-state index is 12.2. The van der Waals surface area contributed by atoms with Crippen LogP contribution in [-0.2, 0) is 9.53 Å². The van der Waals surface area contributed by atoms with Gasteiger partial charge in [0.15, 0.2) is 0 Å². The molecule has 1 aliphatic rings. The van der Waals surface area contributed by atoms with Gasteiger partial charge in [-0.1, -0.05) is 5.10 Å². The minimum Gasteiger partial charge on any atom is -0.467 e. The third-order valence-corrected chi connectivity index (χ3v) is 3.02. The normalized spacial score (nSPS) is 17.6. The van der Waals surface area contributed by atoms with Crippen molar-refractivity contribution < 1.29 is 13.9 Å². The smallest absolute Gasteiger partial charge is 0.338 e. The van der Waals surface area contributed by atoms with Gasteiger partial charge in [0.1, 0.15) is 11.8 Å². The van der Waals surface area contributed by atoms with E-state index in [9.17, 15) is 4.79 Å². The lowest BCUT2D eigenvalue weighted by atomic mass is 10.0. The standard InChI is InChI=1S/C12H13N5O3/c1-3-19-11(18)9-7(2)13-12-14-15-16-17(12)10(9)8-5-4-6-20-8/h4-6,10H,3H2,1-2H3,(H,13,14,16). The molecule has 0 aliphatic carbocycles. The second kappa shape index (κ2) is 4.80. The first-order valence-electron chi connectivity index (χ1n) is 6.18. The second-order valence-electron chi connectivity index (χ2n) is 4.25. The Balaban J connectivity index is 2.12. The van der Waals surface area contributed by atoms with Crippen molar-refractivity contribution in [3.63, 3.8) is 0 Å². The van der Waals surface area contributed by atoms with Crippen LogP contribution in [0, 0.1) is 0 Å². The van der Waals surface area contributed by atoms with Gasteiger partial charge in [-0.2, -0.15) is 4.68 Å². The number of tetrazole rings is 1. The van der Waals surface area contributed by atoms with Crippen LogP contribution < -0.4 is 5.32 Å². The average molecular weight is 275 g/mol. The van der Waals surface area contributed by atoms with Gasteiger partial charge in [-0.05, 0) is 36.4 Å². The molecule has 8 heteroatoms. The van der Waals surface area contributed by atoms with Gasteiger partial charge in [0, 0.05) is 5.70 Å². The van der Waals surface area contributed by atoms with E-state index in [2.05, 4.69) is 20.8 Å². The molecule has 20 heavy (non-hydrogen) atoms. The molecule has 0 spiro atoms. The average Bonchev–Trinajstić information content (AvgIpc) is 3.07. The zero-order chi connectivity index (χ0) is 14.1. The summed E-state index contributed by atoms with van der Waals surface area (Å²) in [6.45, 7) is 3.83. The lowest BCUT2D eigenvalue weighted by molar-refractivity contribution is -0.139. The van der Waals surface area contributed by atoms with Crippen molar-refractivity contribution in [1.82, 2.24) is 20.2 Å². The fourth-order valence-electron chi connectivity index (χ4n) is 2.20. The Labute approximate surface area is 114 Å². The lowest BCUT2D eigenvalue weighted by Crippen LogP contribution is -2.29. The summed E-state index contributed by atoms with van der Waals surface area (Å²) in [6.07, 6.45) is 1.54. The van der Waals surface area contributed by atoms with Crippen molar-refractivity contribution >= 4 is 11.9 Å². The van der Waals surface area contributed by atoms with Gasteiger partial charge in [-0.25, -0.2) is 4.79 Å². The van der Waals surface area contributed by atoms with Crippen molar-refractivity contribution in [1.29, 1.82) is 0 Å². The molecule has 0 radical (unpaired) electrons. The number of anilines is 1. The Morgan fingerprint density at radius 1 is 1.60 bits per heavy atom. The first-order chi connectivity index (χ1) is 9.72. The highest BCUT2D eigenvalue weighted by atomic mass is 16.5. The van der Waals surface area contributed by atoms with Crippen molar-refractivity contribution in [2.45, 2.75) is 19.9 Å². The Morgan fingerprint density at radius 2 is 2.45 bits per heavy atom. The molecule has 2 aromatic heterocycles. The van der Waals surface area contributed by atoms with Crippen molar-refractivity contribution in [3.05, 3.63) is 35.4 Å². The molecular weight excluding hydrogens is 262 g/mol. The fourth-order valence-corrected chi connectivity index (χ4v) is 2.20. The van der Waals surface area contributed by atoms with E-state index < -0.39 is 12.0 Å². The number of hydrogen-bond donors (Lipinski definition) is 1. The summed E-state index contributed by atoms with van der Waals surface area (Å²) in [7, 11) is 0. The molecule has 1 unspecified atom stereocenters. The summed E-state index contributed by atoms with van der Waals surface area (Å²) < 4.78 is 12.0. The molecule has 1 N–H and O–H groups in total. The van der Waals surface area contributed by atoms with Gasteiger partial charge in [0.2, 0.25) is 5.95 Å². The van der Waals surface area contributed by atoms with Gasteiger partial charge in [0.05, 0.1) is 18.4 Å². The molecular formula is C12H13N5O3. The maximum absolute atomic E-state index is 12.2. The van der Waals surface area contributed by atoms with E-state index in [4.69, 9.17) is 9.15 Å². The molecule has 3 rings (SSSR count). The fraction of sp³-hybridized carbons (Fsp3) is 0.333. The van der Waals surface area contributed by atoms with Crippen molar-refractivity contribution in [2.24, 2.45) is 0 Å². The van der Waals surface area contributed by atoms with Crippen LogP contribution in [0.25, 0.3) is 0 Å². The van der Waals surface area contributed by atoms with E-state index in [1.165, 1.54) is 4.68 Å². The Kier molecular flexibility index (Phi) is 2.97. The summed E-state index contributed by atoms with van der Waals surface area (Å²) in [5, 5.41) is 14.4. The minimum atomic E-state index is -0.532. The summed E-state index contributed by atoms with van der Waals surface area (Å²) in [6, 6.07) is 2.99. The zero-order valence-corrected chi connectivity index (χ0v) is 11.0. The van der Waals surface area contributed by atoms with Gasteiger partial charge >= 0.3 is 5.97 Å². The van der Waals surface area contributed by atoms with Crippen molar-refractivity contribution in [3.8, 4) is 0 Å². The van der Waals surface area contributed by atoms with Crippen LogP contribution in [-0.4, -0.2) is 32.8 Å². The number of furan rings is 1. The quantitative estimate of drug-likeness (QED) is 0.838. The first kappa shape index (κ1) is 12.4.